The van der Waals surface area contributed by atoms with Crippen molar-refractivity contribution in [2.24, 2.45) is 0 Å². The average molecular weight is 693 g/mol. The lowest BCUT2D eigenvalue weighted by atomic mass is 9.94. The highest BCUT2D eigenvalue weighted by Gasteiger charge is 2.36. The van der Waals surface area contributed by atoms with Gasteiger partial charge in [-0.05, 0) is 55.2 Å². The highest BCUT2D eigenvalue weighted by molar-refractivity contribution is 7.92. The van der Waals surface area contributed by atoms with Crippen molar-refractivity contribution in [3.63, 3.8) is 0 Å². The van der Waals surface area contributed by atoms with Crippen LogP contribution in [-0.4, -0.2) is 43.8 Å². The van der Waals surface area contributed by atoms with Crippen molar-refractivity contribution in [2.45, 2.75) is 69.0 Å². The van der Waals surface area contributed by atoms with Crippen molar-refractivity contribution in [2.75, 3.05) is 10.8 Å². The summed E-state index contributed by atoms with van der Waals surface area (Å²) in [5, 5.41) is 3.37. The average Bonchev–Trinajstić information content (AvgIpc) is 3.08. The van der Waals surface area contributed by atoms with Crippen LogP contribution < -0.4 is 9.62 Å². The Balaban J connectivity index is 1.58. The molecule has 1 fully saturated rings. The third-order valence-electron chi connectivity index (χ3n) is 8.51. The number of halogens is 2. The Morgan fingerprint density at radius 1 is 0.809 bits per heavy atom. The second-order valence-corrected chi connectivity index (χ2v) is 14.6. The van der Waals surface area contributed by atoms with Crippen molar-refractivity contribution in [3.05, 3.63) is 130 Å². The summed E-state index contributed by atoms with van der Waals surface area (Å²) in [4.78, 5) is 30.4. The number of nitrogens with zero attached hydrogens (tertiary/aromatic N) is 2. The van der Waals surface area contributed by atoms with Crippen LogP contribution in [-0.2, 0) is 32.6 Å². The van der Waals surface area contributed by atoms with E-state index in [2.05, 4.69) is 5.32 Å². The van der Waals surface area contributed by atoms with Gasteiger partial charge >= 0.3 is 0 Å². The van der Waals surface area contributed by atoms with Crippen LogP contribution in [0.5, 0.6) is 0 Å². The molecule has 47 heavy (non-hydrogen) atoms. The van der Waals surface area contributed by atoms with Crippen LogP contribution >= 0.6 is 23.2 Å². The molecule has 4 aromatic carbocycles. The Bertz CT molecular complexity index is 1760. The van der Waals surface area contributed by atoms with Gasteiger partial charge in [0.1, 0.15) is 12.6 Å². The lowest BCUT2D eigenvalue weighted by Gasteiger charge is -2.35. The number of hydrogen-bond donors (Lipinski definition) is 1. The van der Waals surface area contributed by atoms with E-state index in [1.165, 1.54) is 23.1 Å². The van der Waals surface area contributed by atoms with Gasteiger partial charge in [0.15, 0.2) is 0 Å². The summed E-state index contributed by atoms with van der Waals surface area (Å²) in [5.74, 6) is -0.819. The highest BCUT2D eigenvalue weighted by atomic mass is 35.5. The Morgan fingerprint density at radius 2 is 1.45 bits per heavy atom. The molecule has 246 valence electrons. The van der Waals surface area contributed by atoms with E-state index in [0.29, 0.717) is 0 Å². The summed E-state index contributed by atoms with van der Waals surface area (Å²) in [5.41, 5.74) is 2.81. The molecule has 0 bridgehead atoms. The van der Waals surface area contributed by atoms with Crippen LogP contribution in [0.3, 0.4) is 0 Å². The predicted molar refractivity (Wildman–Crippen MR) is 188 cm³/mol. The maximum atomic E-state index is 14.7. The first-order valence-electron chi connectivity index (χ1n) is 15.8. The minimum absolute atomic E-state index is 0.00225. The second kappa shape index (κ2) is 15.8. The van der Waals surface area contributed by atoms with Crippen LogP contribution in [0.15, 0.2) is 108 Å². The Labute approximate surface area is 287 Å². The monoisotopic (exact) mass is 691 g/mol. The van der Waals surface area contributed by atoms with Gasteiger partial charge in [0.25, 0.3) is 10.0 Å². The molecule has 1 aliphatic carbocycles. The molecule has 0 heterocycles. The van der Waals surface area contributed by atoms with Crippen LogP contribution in [0.1, 0.15) is 48.8 Å². The fraction of sp³-hybridized carbons (Fsp3) is 0.297. The lowest BCUT2D eigenvalue weighted by Crippen LogP contribution is -2.55. The number of aryl methyl sites for hydroxylation is 1. The molecule has 0 saturated heterocycles. The van der Waals surface area contributed by atoms with Crippen LogP contribution in [0.25, 0.3) is 0 Å². The second-order valence-electron chi connectivity index (χ2n) is 12.0. The van der Waals surface area contributed by atoms with Crippen molar-refractivity contribution < 1.29 is 18.0 Å². The molecule has 0 radical (unpaired) electrons. The largest absolute Gasteiger partial charge is 0.352 e. The number of hydrogen-bond acceptors (Lipinski definition) is 4. The maximum Gasteiger partial charge on any atom is 0.264 e. The molecule has 1 N–H and O–H groups in total. The van der Waals surface area contributed by atoms with Crippen LogP contribution in [0.4, 0.5) is 5.69 Å². The van der Waals surface area contributed by atoms with Gasteiger partial charge in [-0.15, -0.1) is 0 Å². The topological polar surface area (TPSA) is 86.8 Å². The summed E-state index contributed by atoms with van der Waals surface area (Å²) < 4.78 is 29.3. The van der Waals surface area contributed by atoms with E-state index >= 15 is 0 Å². The molecule has 1 atom stereocenters. The van der Waals surface area contributed by atoms with Gasteiger partial charge in [-0.25, -0.2) is 8.42 Å². The summed E-state index contributed by atoms with van der Waals surface area (Å²) in [7, 11) is -4.29. The first-order chi connectivity index (χ1) is 22.6. The molecule has 2 amide bonds. The molecular weight excluding hydrogens is 653 g/mol. The molecule has 1 aliphatic rings. The number of anilines is 1. The first kappa shape index (κ1) is 34.5. The normalized spacial score (nSPS) is 14.3. The van der Waals surface area contributed by atoms with E-state index in [9.17, 15) is 18.0 Å². The molecule has 0 unspecified atom stereocenters. The third-order valence-corrected chi connectivity index (χ3v) is 11.1. The van der Waals surface area contributed by atoms with Crippen LogP contribution in [0.2, 0.25) is 10.0 Å². The lowest BCUT2D eigenvalue weighted by molar-refractivity contribution is -0.140. The fourth-order valence-corrected chi connectivity index (χ4v) is 7.80. The third kappa shape index (κ3) is 8.74. The van der Waals surface area contributed by atoms with Crippen molar-refractivity contribution in [1.29, 1.82) is 0 Å². The minimum Gasteiger partial charge on any atom is -0.352 e. The summed E-state index contributed by atoms with van der Waals surface area (Å²) in [6, 6.07) is 28.9. The number of amides is 2. The molecule has 0 aromatic heterocycles. The standard InChI is InChI=1S/C37H39Cl2N3O4S/c1-27-20-22-29(23-21-27)25-41(34(24-28-12-5-2-6-13-28)37(44)40-30-14-7-3-8-15-30)35(43)26-42(33-19-11-18-32(38)36(33)39)47(45,46)31-16-9-4-10-17-31/h2,4-6,9-13,16-23,30,34H,3,7-8,14-15,24-26H2,1H3,(H,40,44)/t34-/m1/s1. The van der Waals surface area contributed by atoms with Gasteiger partial charge in [-0.3, -0.25) is 13.9 Å². The first-order valence-corrected chi connectivity index (χ1v) is 18.0. The van der Waals surface area contributed by atoms with Gasteiger partial charge in [-0.1, -0.05) is 127 Å². The van der Waals surface area contributed by atoms with E-state index in [1.54, 1.807) is 30.3 Å². The highest BCUT2D eigenvalue weighted by Crippen LogP contribution is 2.35. The molecule has 0 aliphatic heterocycles. The van der Waals surface area contributed by atoms with E-state index in [0.717, 1.165) is 53.1 Å². The Hall–Kier alpha value is -3.85. The van der Waals surface area contributed by atoms with Gasteiger partial charge in [0, 0.05) is 19.0 Å². The van der Waals surface area contributed by atoms with E-state index < -0.39 is 28.5 Å². The van der Waals surface area contributed by atoms with E-state index in [-0.39, 0.29) is 45.5 Å². The molecule has 7 nitrogen and oxygen atoms in total. The zero-order valence-electron chi connectivity index (χ0n) is 26.3. The Kier molecular flexibility index (Phi) is 11.6. The van der Waals surface area contributed by atoms with Gasteiger partial charge < -0.3 is 10.2 Å². The summed E-state index contributed by atoms with van der Waals surface area (Å²) in [6.07, 6.45) is 5.22. The van der Waals surface area contributed by atoms with E-state index in [4.69, 9.17) is 23.2 Å². The van der Waals surface area contributed by atoms with Gasteiger partial charge in [-0.2, -0.15) is 0 Å². The summed E-state index contributed by atoms with van der Waals surface area (Å²) in [6.45, 7) is 1.46. The zero-order valence-corrected chi connectivity index (χ0v) is 28.6. The van der Waals surface area contributed by atoms with Gasteiger partial charge in [0.05, 0.1) is 20.6 Å². The number of sulfonamides is 1. The number of carbonyl (C=O) groups excluding carboxylic acids is 2. The molecule has 0 spiro atoms. The zero-order chi connectivity index (χ0) is 33.4. The molecule has 1 saturated carbocycles. The molecule has 4 aromatic rings. The number of benzene rings is 4. The number of nitrogens with one attached hydrogen (secondary N) is 1. The quantitative estimate of drug-likeness (QED) is 0.166. The Morgan fingerprint density at radius 3 is 2.11 bits per heavy atom. The van der Waals surface area contributed by atoms with Crippen molar-refractivity contribution in [3.8, 4) is 0 Å². The molecular formula is C37H39Cl2N3O4S. The van der Waals surface area contributed by atoms with Crippen molar-refractivity contribution in [1.82, 2.24) is 10.2 Å². The summed E-state index contributed by atoms with van der Waals surface area (Å²) >= 11 is 12.9. The van der Waals surface area contributed by atoms with Crippen molar-refractivity contribution >= 4 is 50.7 Å². The van der Waals surface area contributed by atoms with Gasteiger partial charge in [0.2, 0.25) is 11.8 Å². The smallest absolute Gasteiger partial charge is 0.264 e. The number of rotatable bonds is 12. The number of carbonyl (C=O) groups is 2. The predicted octanol–water partition coefficient (Wildman–Crippen LogP) is 7.59. The van der Waals surface area contributed by atoms with Crippen LogP contribution in [0, 0.1) is 6.92 Å². The SMILES string of the molecule is Cc1ccc(CN(C(=O)CN(c2cccc(Cl)c2Cl)S(=O)(=O)c2ccccc2)[C@H](Cc2ccccc2)C(=O)NC2CCCCC2)cc1. The molecule has 10 heteroatoms. The molecule has 5 rings (SSSR count). The minimum atomic E-state index is -4.29. The maximum absolute atomic E-state index is 14.7. The van der Waals surface area contributed by atoms with E-state index in [1.807, 2.05) is 61.5 Å². The fourth-order valence-electron chi connectivity index (χ4n) is 5.91.